The molecular formula is C8H13NS. The normalized spacial score (nSPS) is 13.1. The molecular weight excluding hydrogens is 142 g/mol. The number of hydrogen-bond donors (Lipinski definition) is 0. The van der Waals surface area contributed by atoms with E-state index < -0.39 is 10.0 Å². The summed E-state index contributed by atoms with van der Waals surface area (Å²) in [4.78, 5) is 5.39. The molecule has 1 aromatic heterocycles. The van der Waals surface area contributed by atoms with Gasteiger partial charge in [-0.2, -0.15) is 0 Å². The van der Waals surface area contributed by atoms with E-state index in [1.807, 2.05) is 12.4 Å². The van der Waals surface area contributed by atoms with Gasteiger partial charge in [-0.3, -0.25) is 4.98 Å². The van der Waals surface area contributed by atoms with Gasteiger partial charge in [-0.1, -0.05) is 0 Å². The molecule has 1 aromatic rings. The number of hydrogen-bond acceptors (Lipinski definition) is 1. The Morgan fingerprint density at radius 2 is 1.60 bits per heavy atom. The van der Waals surface area contributed by atoms with Crippen LogP contribution in [0, 0.1) is 0 Å². The maximum Gasteiger partial charge on any atom is 0.0278 e. The Bertz CT molecular complexity index is 200. The summed E-state index contributed by atoms with van der Waals surface area (Å²) in [5.41, 5.74) is 0. The molecule has 0 atom stereocenters. The molecule has 1 heterocycles. The zero-order valence-electron chi connectivity index (χ0n) is 6.66. The number of rotatable bonds is 1. The molecule has 0 radical (unpaired) electrons. The van der Waals surface area contributed by atoms with E-state index in [2.05, 4.69) is 35.9 Å². The lowest BCUT2D eigenvalue weighted by Gasteiger charge is -2.24. The highest BCUT2D eigenvalue weighted by Gasteiger charge is 2.05. The fourth-order valence-corrected chi connectivity index (χ4v) is 1.68. The molecule has 0 bridgehead atoms. The maximum atomic E-state index is 3.97. The van der Waals surface area contributed by atoms with E-state index in [1.165, 1.54) is 4.90 Å². The van der Waals surface area contributed by atoms with Crippen LogP contribution in [0.25, 0.3) is 0 Å². The van der Waals surface area contributed by atoms with Gasteiger partial charge < -0.3 is 0 Å². The Labute approximate surface area is 63.8 Å². The standard InChI is InChI=1S/C8H13NS/c1-10(2,3)8-4-6-9-7-5-8/h4-7H,1-3H3. The minimum absolute atomic E-state index is 0.543. The summed E-state index contributed by atoms with van der Waals surface area (Å²) in [7, 11) is -0.543. The summed E-state index contributed by atoms with van der Waals surface area (Å²) in [5, 5.41) is 0. The van der Waals surface area contributed by atoms with Gasteiger partial charge in [-0.05, 0) is 35.8 Å². The van der Waals surface area contributed by atoms with Gasteiger partial charge in [0.25, 0.3) is 0 Å². The molecule has 0 aromatic carbocycles. The molecule has 56 valence electrons. The van der Waals surface area contributed by atoms with E-state index in [0.29, 0.717) is 0 Å². The SMILES string of the molecule is CS(C)(C)c1ccncc1. The number of aromatic nitrogens is 1. The fraction of sp³-hybridized carbons (Fsp3) is 0.375. The van der Waals surface area contributed by atoms with Crippen LogP contribution in [0.1, 0.15) is 0 Å². The zero-order valence-corrected chi connectivity index (χ0v) is 7.48. The minimum Gasteiger partial charge on any atom is -0.265 e. The van der Waals surface area contributed by atoms with Gasteiger partial charge >= 0.3 is 0 Å². The molecule has 2 heteroatoms. The molecule has 0 amide bonds. The van der Waals surface area contributed by atoms with Crippen LogP contribution < -0.4 is 0 Å². The summed E-state index contributed by atoms with van der Waals surface area (Å²) in [6.07, 6.45) is 10.5. The Morgan fingerprint density at radius 3 is 1.90 bits per heavy atom. The first-order valence-corrected chi connectivity index (χ1v) is 6.05. The average Bonchev–Trinajstić information content (AvgIpc) is 1.88. The van der Waals surface area contributed by atoms with Crippen molar-refractivity contribution in [1.29, 1.82) is 0 Å². The van der Waals surface area contributed by atoms with Crippen LogP contribution in [0.5, 0.6) is 0 Å². The lowest BCUT2D eigenvalue weighted by atomic mass is 10.5. The summed E-state index contributed by atoms with van der Waals surface area (Å²) < 4.78 is 0. The molecule has 0 saturated heterocycles. The van der Waals surface area contributed by atoms with Crippen molar-refractivity contribution in [3.8, 4) is 0 Å². The van der Waals surface area contributed by atoms with Gasteiger partial charge in [0.1, 0.15) is 0 Å². The molecule has 1 rings (SSSR count). The first-order valence-electron chi connectivity index (χ1n) is 3.19. The fourth-order valence-electron chi connectivity index (χ4n) is 0.746. The lowest BCUT2D eigenvalue weighted by Crippen LogP contribution is -1.91. The molecule has 0 spiro atoms. The summed E-state index contributed by atoms with van der Waals surface area (Å²) >= 11 is 0. The summed E-state index contributed by atoms with van der Waals surface area (Å²) in [6.45, 7) is 0. The van der Waals surface area contributed by atoms with Crippen molar-refractivity contribution in [3.05, 3.63) is 24.5 Å². The van der Waals surface area contributed by atoms with Crippen molar-refractivity contribution >= 4 is 10.0 Å². The molecule has 0 N–H and O–H groups in total. The van der Waals surface area contributed by atoms with Gasteiger partial charge in [-0.15, -0.1) is 0 Å². The lowest BCUT2D eigenvalue weighted by molar-refractivity contribution is 1.26. The Kier molecular flexibility index (Phi) is 2.00. The predicted octanol–water partition coefficient (Wildman–Crippen LogP) is 2.13. The van der Waals surface area contributed by atoms with Crippen molar-refractivity contribution in [2.24, 2.45) is 0 Å². The van der Waals surface area contributed by atoms with Crippen LogP contribution in [0.4, 0.5) is 0 Å². The maximum absolute atomic E-state index is 3.97. The predicted molar refractivity (Wildman–Crippen MR) is 47.9 cm³/mol. The third kappa shape index (κ3) is 1.74. The topological polar surface area (TPSA) is 12.9 Å². The van der Waals surface area contributed by atoms with Gasteiger partial charge in [-0.25, -0.2) is 10.0 Å². The van der Waals surface area contributed by atoms with E-state index >= 15 is 0 Å². The van der Waals surface area contributed by atoms with Gasteiger partial charge in [0.05, 0.1) is 0 Å². The van der Waals surface area contributed by atoms with Crippen LogP contribution >= 0.6 is 10.0 Å². The number of nitrogens with zero attached hydrogens (tertiary/aromatic N) is 1. The Hall–Kier alpha value is -0.500. The van der Waals surface area contributed by atoms with E-state index in [9.17, 15) is 0 Å². The minimum atomic E-state index is -0.543. The molecule has 0 aliphatic carbocycles. The van der Waals surface area contributed by atoms with E-state index in [4.69, 9.17) is 0 Å². The quantitative estimate of drug-likeness (QED) is 0.605. The van der Waals surface area contributed by atoms with Crippen molar-refractivity contribution in [2.45, 2.75) is 4.90 Å². The van der Waals surface area contributed by atoms with Crippen LogP contribution in [-0.4, -0.2) is 23.8 Å². The molecule has 0 unspecified atom stereocenters. The Balaban J connectivity index is 2.97. The first-order chi connectivity index (χ1) is 4.61. The molecule has 0 saturated carbocycles. The zero-order chi connectivity index (χ0) is 7.61. The highest BCUT2D eigenvalue weighted by atomic mass is 32.3. The van der Waals surface area contributed by atoms with Crippen LogP contribution in [-0.2, 0) is 0 Å². The van der Waals surface area contributed by atoms with Gasteiger partial charge in [0.2, 0.25) is 0 Å². The third-order valence-corrected chi connectivity index (χ3v) is 3.04. The van der Waals surface area contributed by atoms with E-state index in [0.717, 1.165) is 0 Å². The van der Waals surface area contributed by atoms with E-state index in [-0.39, 0.29) is 0 Å². The summed E-state index contributed by atoms with van der Waals surface area (Å²) in [6, 6.07) is 4.19. The third-order valence-electron chi connectivity index (χ3n) is 1.36. The number of pyridine rings is 1. The van der Waals surface area contributed by atoms with Crippen molar-refractivity contribution in [2.75, 3.05) is 18.8 Å². The summed E-state index contributed by atoms with van der Waals surface area (Å²) in [5.74, 6) is 0. The van der Waals surface area contributed by atoms with Crippen molar-refractivity contribution < 1.29 is 0 Å². The van der Waals surface area contributed by atoms with Crippen LogP contribution in [0.2, 0.25) is 0 Å². The largest absolute Gasteiger partial charge is 0.265 e. The van der Waals surface area contributed by atoms with Crippen molar-refractivity contribution in [3.63, 3.8) is 0 Å². The van der Waals surface area contributed by atoms with E-state index in [1.54, 1.807) is 0 Å². The molecule has 0 aliphatic heterocycles. The smallest absolute Gasteiger partial charge is 0.0278 e. The second kappa shape index (κ2) is 2.62. The second-order valence-corrected chi connectivity index (χ2v) is 7.17. The van der Waals surface area contributed by atoms with Gasteiger partial charge in [0, 0.05) is 12.4 Å². The molecule has 0 aliphatic rings. The molecule has 1 nitrogen and oxygen atoms in total. The van der Waals surface area contributed by atoms with Crippen molar-refractivity contribution in [1.82, 2.24) is 4.98 Å². The molecule has 10 heavy (non-hydrogen) atoms. The average molecular weight is 155 g/mol. The van der Waals surface area contributed by atoms with Gasteiger partial charge in [0.15, 0.2) is 0 Å². The first kappa shape index (κ1) is 7.61. The van der Waals surface area contributed by atoms with Crippen LogP contribution in [0.3, 0.4) is 0 Å². The highest BCUT2D eigenvalue weighted by molar-refractivity contribution is 8.32. The Morgan fingerprint density at radius 1 is 1.10 bits per heavy atom. The monoisotopic (exact) mass is 155 g/mol. The molecule has 0 fully saturated rings. The second-order valence-electron chi connectivity index (χ2n) is 3.02. The highest BCUT2D eigenvalue weighted by Crippen LogP contribution is 2.44. The van der Waals surface area contributed by atoms with Crippen LogP contribution in [0.15, 0.2) is 29.4 Å².